The molecule has 1 N–H and O–H groups in total. The first kappa shape index (κ1) is 10.4. The van der Waals surface area contributed by atoms with Gasteiger partial charge in [-0.25, -0.2) is 0 Å². The Morgan fingerprint density at radius 2 is 2.35 bits per heavy atom. The molecule has 3 rings (SSSR count). The first-order valence-corrected chi connectivity index (χ1v) is 5.04. The van der Waals surface area contributed by atoms with Crippen LogP contribution in [0, 0.1) is 10.1 Å². The van der Waals surface area contributed by atoms with E-state index < -0.39 is 18.1 Å². The summed E-state index contributed by atoms with van der Waals surface area (Å²) in [4.78, 5) is 10.0. The normalized spacial score (nSPS) is 20.5. The molecule has 0 saturated heterocycles. The second-order valence-electron chi connectivity index (χ2n) is 3.79. The van der Waals surface area contributed by atoms with Gasteiger partial charge in [-0.2, -0.15) is 0 Å². The van der Waals surface area contributed by atoms with Gasteiger partial charge in [0.1, 0.15) is 6.10 Å². The summed E-state index contributed by atoms with van der Waals surface area (Å²) in [6.07, 6.45) is -0.746. The van der Waals surface area contributed by atoms with Crippen LogP contribution in [0.25, 0.3) is 0 Å². The molecule has 0 spiro atoms. The van der Waals surface area contributed by atoms with Gasteiger partial charge >= 0.3 is 7.12 Å². The molecule has 1 atom stereocenters. The molecule has 8 heteroatoms. The van der Waals surface area contributed by atoms with E-state index in [1.165, 1.54) is 0 Å². The van der Waals surface area contributed by atoms with Gasteiger partial charge in [0.05, 0.1) is 0 Å². The Morgan fingerprint density at radius 3 is 3.12 bits per heavy atom. The Labute approximate surface area is 96.2 Å². The van der Waals surface area contributed by atoms with Crippen LogP contribution in [-0.4, -0.2) is 30.4 Å². The van der Waals surface area contributed by atoms with Gasteiger partial charge in [-0.15, -0.1) is 0 Å². The smallest absolute Gasteiger partial charge is 0.454 e. The number of ether oxygens (including phenoxy) is 2. The lowest BCUT2D eigenvalue weighted by molar-refractivity contribution is -0.490. The number of hydrogen-bond donors (Lipinski definition) is 1. The van der Waals surface area contributed by atoms with E-state index >= 15 is 0 Å². The molecule has 0 aliphatic carbocycles. The van der Waals surface area contributed by atoms with Crippen LogP contribution < -0.4 is 14.9 Å². The van der Waals surface area contributed by atoms with Crippen LogP contribution in [0.15, 0.2) is 12.1 Å². The van der Waals surface area contributed by atoms with Crippen molar-refractivity contribution in [3.05, 3.63) is 27.8 Å². The summed E-state index contributed by atoms with van der Waals surface area (Å²) in [5.74, 6) is 0.939. The Balaban J connectivity index is 2.04. The molecule has 0 bridgehead atoms. The fourth-order valence-corrected chi connectivity index (χ4v) is 2.12. The largest absolute Gasteiger partial charge is 0.496 e. The first-order valence-electron chi connectivity index (χ1n) is 5.04. The molecule has 0 unspecified atom stereocenters. The third-order valence-corrected chi connectivity index (χ3v) is 2.81. The summed E-state index contributed by atoms with van der Waals surface area (Å²) >= 11 is 0. The van der Waals surface area contributed by atoms with Crippen LogP contribution in [0.5, 0.6) is 11.5 Å². The zero-order valence-corrected chi connectivity index (χ0v) is 8.66. The van der Waals surface area contributed by atoms with Gasteiger partial charge in [0.2, 0.25) is 13.3 Å². The van der Waals surface area contributed by atoms with Crippen molar-refractivity contribution >= 4 is 12.6 Å². The Morgan fingerprint density at radius 1 is 1.53 bits per heavy atom. The highest BCUT2D eigenvalue weighted by atomic mass is 16.7. The van der Waals surface area contributed by atoms with E-state index in [2.05, 4.69) is 0 Å². The predicted molar refractivity (Wildman–Crippen MR) is 55.9 cm³/mol. The first-order chi connectivity index (χ1) is 8.16. The summed E-state index contributed by atoms with van der Waals surface area (Å²) in [6, 6.07) is 3.32. The lowest BCUT2D eigenvalue weighted by Gasteiger charge is -2.06. The van der Waals surface area contributed by atoms with Crippen LogP contribution >= 0.6 is 0 Å². The van der Waals surface area contributed by atoms with Crippen LogP contribution in [0.2, 0.25) is 0 Å². The van der Waals surface area contributed by atoms with Gasteiger partial charge in [-0.3, -0.25) is 10.1 Å². The highest BCUT2D eigenvalue weighted by Crippen LogP contribution is 2.36. The number of hydrogen-bond acceptors (Lipinski definition) is 6. The van der Waals surface area contributed by atoms with Gasteiger partial charge in [0.25, 0.3) is 0 Å². The van der Waals surface area contributed by atoms with Crippen LogP contribution in [0.3, 0.4) is 0 Å². The number of benzene rings is 1. The van der Waals surface area contributed by atoms with E-state index in [-0.39, 0.29) is 13.3 Å². The fraction of sp³-hybridized carbons (Fsp3) is 0.333. The van der Waals surface area contributed by atoms with Gasteiger partial charge in [0.15, 0.2) is 11.5 Å². The average Bonchev–Trinajstić information content (AvgIpc) is 2.82. The minimum absolute atomic E-state index is 0.0818. The molecular weight excluding hydrogens is 229 g/mol. The summed E-state index contributed by atoms with van der Waals surface area (Å²) < 4.78 is 15.5. The Bertz CT molecular complexity index is 493. The van der Waals surface area contributed by atoms with Crippen molar-refractivity contribution in [2.75, 3.05) is 13.3 Å². The van der Waals surface area contributed by atoms with Crippen molar-refractivity contribution in [1.29, 1.82) is 0 Å². The number of nitrogens with zero attached hydrogens (tertiary/aromatic N) is 1. The van der Waals surface area contributed by atoms with Gasteiger partial charge in [0, 0.05) is 10.4 Å². The maximum atomic E-state index is 10.5. The molecule has 0 aromatic heterocycles. The molecule has 88 valence electrons. The van der Waals surface area contributed by atoms with Crippen molar-refractivity contribution in [3.8, 4) is 11.5 Å². The molecule has 0 amide bonds. The lowest BCUT2D eigenvalue weighted by atomic mass is 9.78. The molecule has 7 nitrogen and oxygen atoms in total. The molecule has 2 aliphatic heterocycles. The third kappa shape index (κ3) is 1.53. The van der Waals surface area contributed by atoms with E-state index in [4.69, 9.17) is 14.1 Å². The summed E-state index contributed by atoms with van der Waals surface area (Å²) in [5.41, 5.74) is 1.02. The predicted octanol–water partition coefficient (Wildman–Crippen LogP) is -0.549. The van der Waals surface area contributed by atoms with Gasteiger partial charge in [-0.1, -0.05) is 6.07 Å². The maximum absolute atomic E-state index is 10.5. The standard InChI is InChI=1S/C9H8BNO6/c12-10-8-5(7(17-10)3-11(13)14)1-2-6-9(8)16-4-15-6/h1-2,7,12H,3-4H2/t7-/m1/s1. The molecule has 2 aliphatic rings. The topological polar surface area (TPSA) is 91.1 Å². The highest BCUT2D eigenvalue weighted by molar-refractivity contribution is 6.63. The van der Waals surface area contributed by atoms with Crippen LogP contribution in [-0.2, 0) is 4.65 Å². The third-order valence-electron chi connectivity index (χ3n) is 2.81. The zero-order chi connectivity index (χ0) is 12.0. The Hall–Kier alpha value is -1.80. The van der Waals surface area contributed by atoms with Crippen molar-refractivity contribution < 1.29 is 24.1 Å². The van der Waals surface area contributed by atoms with Gasteiger partial charge in [-0.05, 0) is 11.6 Å². The molecule has 2 heterocycles. The quantitative estimate of drug-likeness (QED) is 0.421. The maximum Gasteiger partial charge on any atom is 0.496 e. The lowest BCUT2D eigenvalue weighted by Crippen LogP contribution is -2.29. The molecule has 0 fully saturated rings. The van der Waals surface area contributed by atoms with Crippen molar-refractivity contribution in [2.24, 2.45) is 0 Å². The van der Waals surface area contributed by atoms with Crippen molar-refractivity contribution in [1.82, 2.24) is 0 Å². The van der Waals surface area contributed by atoms with Gasteiger partial charge < -0.3 is 19.2 Å². The molecule has 1 aromatic rings. The van der Waals surface area contributed by atoms with Crippen LogP contribution in [0.4, 0.5) is 0 Å². The van der Waals surface area contributed by atoms with E-state index in [0.717, 1.165) is 0 Å². The minimum Gasteiger partial charge on any atom is -0.454 e. The highest BCUT2D eigenvalue weighted by Gasteiger charge is 2.42. The fourth-order valence-electron chi connectivity index (χ4n) is 2.12. The van der Waals surface area contributed by atoms with Crippen molar-refractivity contribution in [3.63, 3.8) is 0 Å². The second kappa shape index (κ2) is 3.61. The monoisotopic (exact) mass is 237 g/mol. The summed E-state index contributed by atoms with van der Waals surface area (Å²) in [6.45, 7) is -0.303. The Kier molecular flexibility index (Phi) is 2.20. The van der Waals surface area contributed by atoms with Crippen LogP contribution in [0.1, 0.15) is 11.7 Å². The minimum atomic E-state index is -1.20. The molecule has 0 radical (unpaired) electrons. The average molecular weight is 237 g/mol. The van der Waals surface area contributed by atoms with E-state index in [1.807, 2.05) is 0 Å². The summed E-state index contributed by atoms with van der Waals surface area (Å²) in [5, 5.41) is 20.2. The van der Waals surface area contributed by atoms with E-state index in [0.29, 0.717) is 22.5 Å². The molecule has 1 aromatic carbocycles. The SMILES string of the molecule is O=[N+]([O-])C[C@H]1OB(O)c2c1ccc1c2OCO1. The van der Waals surface area contributed by atoms with Crippen molar-refractivity contribution in [2.45, 2.75) is 6.10 Å². The molecule has 0 saturated carbocycles. The number of rotatable bonds is 2. The number of nitro groups is 1. The second-order valence-corrected chi connectivity index (χ2v) is 3.79. The summed E-state index contributed by atoms with van der Waals surface area (Å²) in [7, 11) is -1.20. The zero-order valence-electron chi connectivity index (χ0n) is 8.66. The van der Waals surface area contributed by atoms with E-state index in [1.54, 1.807) is 12.1 Å². The molecule has 17 heavy (non-hydrogen) atoms. The number of fused-ring (bicyclic) bond motifs is 3. The molecular formula is C9H8BNO6. The van der Waals surface area contributed by atoms with E-state index in [9.17, 15) is 15.1 Å².